The first-order valence-corrected chi connectivity index (χ1v) is 7.66. The average Bonchev–Trinajstić information content (AvgIpc) is 2.63. The molecule has 1 aliphatic heterocycles. The summed E-state index contributed by atoms with van der Waals surface area (Å²) in [6.07, 6.45) is 1.11. The number of rotatable bonds is 6. The van der Waals surface area contributed by atoms with E-state index in [1.807, 2.05) is 20.8 Å². The molecule has 0 bridgehead atoms. The molecule has 6 nitrogen and oxygen atoms in total. The van der Waals surface area contributed by atoms with Crippen LogP contribution in [0.15, 0.2) is 0 Å². The van der Waals surface area contributed by atoms with Crippen molar-refractivity contribution in [3.63, 3.8) is 0 Å². The van der Waals surface area contributed by atoms with Gasteiger partial charge in [-0.2, -0.15) is 17.4 Å². The zero-order valence-corrected chi connectivity index (χ0v) is 11.9. The first-order valence-electron chi connectivity index (χ1n) is 6.22. The molecule has 106 valence electrons. The number of nitrogens with one attached hydrogen (secondary N) is 1. The largest absolute Gasteiger partial charge is 0.480 e. The lowest BCUT2D eigenvalue weighted by Gasteiger charge is -2.21. The van der Waals surface area contributed by atoms with Gasteiger partial charge in [0.1, 0.15) is 6.04 Å². The van der Waals surface area contributed by atoms with Crippen molar-refractivity contribution in [2.24, 2.45) is 11.8 Å². The second-order valence-corrected chi connectivity index (χ2v) is 7.10. The monoisotopic (exact) mass is 278 g/mol. The highest BCUT2D eigenvalue weighted by Gasteiger charge is 2.33. The molecule has 1 saturated heterocycles. The molecule has 0 spiro atoms. The van der Waals surface area contributed by atoms with Crippen LogP contribution in [-0.2, 0) is 15.0 Å². The SMILES string of the molecule is CC(C)CC(NS(=O)(=O)N1CCC(C)C1)C(=O)O. The standard InChI is InChI=1S/C11H22N2O4S/c1-8(2)6-10(11(14)15)12-18(16,17)13-5-4-9(3)7-13/h8-10,12H,4-7H2,1-3H3,(H,14,15). The normalized spacial score (nSPS) is 23.4. The van der Waals surface area contributed by atoms with Crippen LogP contribution in [0.25, 0.3) is 0 Å². The molecule has 0 aromatic rings. The molecule has 1 fully saturated rings. The molecule has 0 aromatic carbocycles. The van der Waals surface area contributed by atoms with E-state index in [4.69, 9.17) is 5.11 Å². The predicted molar refractivity (Wildman–Crippen MR) is 68.3 cm³/mol. The van der Waals surface area contributed by atoms with Gasteiger partial charge in [0.25, 0.3) is 10.2 Å². The van der Waals surface area contributed by atoms with Crippen LogP contribution < -0.4 is 4.72 Å². The fourth-order valence-electron chi connectivity index (χ4n) is 2.04. The molecule has 0 aliphatic carbocycles. The summed E-state index contributed by atoms with van der Waals surface area (Å²) >= 11 is 0. The van der Waals surface area contributed by atoms with Gasteiger partial charge in [0.05, 0.1) is 0 Å². The van der Waals surface area contributed by atoms with Crippen molar-refractivity contribution in [3.8, 4) is 0 Å². The second kappa shape index (κ2) is 5.99. The van der Waals surface area contributed by atoms with E-state index in [1.165, 1.54) is 4.31 Å². The van der Waals surface area contributed by atoms with Gasteiger partial charge in [-0.1, -0.05) is 20.8 Å². The quantitative estimate of drug-likeness (QED) is 0.747. The van der Waals surface area contributed by atoms with Crippen LogP contribution in [0, 0.1) is 11.8 Å². The fraction of sp³-hybridized carbons (Fsp3) is 0.909. The highest BCUT2D eigenvalue weighted by molar-refractivity contribution is 7.87. The summed E-state index contributed by atoms with van der Waals surface area (Å²) in [5.41, 5.74) is 0. The van der Waals surface area contributed by atoms with E-state index in [0.717, 1.165) is 6.42 Å². The Kier molecular flexibility index (Phi) is 5.12. The topological polar surface area (TPSA) is 86.7 Å². The Morgan fingerprint density at radius 1 is 1.50 bits per heavy atom. The second-order valence-electron chi connectivity index (χ2n) is 5.40. The van der Waals surface area contributed by atoms with Crippen LogP contribution in [0.4, 0.5) is 0 Å². The molecule has 1 rings (SSSR count). The first-order chi connectivity index (χ1) is 8.22. The summed E-state index contributed by atoms with van der Waals surface area (Å²) in [5, 5.41) is 9.03. The summed E-state index contributed by atoms with van der Waals surface area (Å²) in [6.45, 7) is 6.64. The smallest absolute Gasteiger partial charge is 0.321 e. The van der Waals surface area contributed by atoms with E-state index >= 15 is 0 Å². The van der Waals surface area contributed by atoms with Crippen LogP contribution in [0.3, 0.4) is 0 Å². The van der Waals surface area contributed by atoms with Gasteiger partial charge in [0, 0.05) is 13.1 Å². The maximum absolute atomic E-state index is 12.0. The maximum Gasteiger partial charge on any atom is 0.321 e. The molecule has 0 aromatic heterocycles. The number of nitrogens with zero attached hydrogens (tertiary/aromatic N) is 1. The summed E-state index contributed by atoms with van der Waals surface area (Å²) in [4.78, 5) is 11.0. The van der Waals surface area contributed by atoms with Crippen molar-refractivity contribution in [1.82, 2.24) is 9.03 Å². The minimum atomic E-state index is -3.68. The Hall–Kier alpha value is -0.660. The molecule has 2 N–H and O–H groups in total. The number of hydrogen-bond acceptors (Lipinski definition) is 3. The van der Waals surface area contributed by atoms with Gasteiger partial charge >= 0.3 is 5.97 Å². The molecule has 2 atom stereocenters. The molecule has 2 unspecified atom stereocenters. The number of hydrogen-bond donors (Lipinski definition) is 2. The number of carbonyl (C=O) groups is 1. The first kappa shape index (κ1) is 15.4. The third kappa shape index (κ3) is 4.22. The lowest BCUT2D eigenvalue weighted by atomic mass is 10.1. The summed E-state index contributed by atoms with van der Waals surface area (Å²) in [6, 6.07) is -1.05. The molecule has 7 heteroatoms. The Morgan fingerprint density at radius 3 is 2.50 bits per heavy atom. The summed E-state index contributed by atoms with van der Waals surface area (Å²) in [5.74, 6) is -0.680. The van der Waals surface area contributed by atoms with Gasteiger partial charge in [-0.05, 0) is 24.7 Å². The van der Waals surface area contributed by atoms with Crippen LogP contribution >= 0.6 is 0 Å². The van der Waals surface area contributed by atoms with Crippen LogP contribution in [-0.4, -0.2) is 42.9 Å². The van der Waals surface area contributed by atoms with E-state index in [-0.39, 0.29) is 12.3 Å². The van der Waals surface area contributed by atoms with Crippen molar-refractivity contribution in [2.75, 3.05) is 13.1 Å². The third-order valence-electron chi connectivity index (χ3n) is 3.02. The predicted octanol–water partition coefficient (Wildman–Crippen LogP) is 0.662. The lowest BCUT2D eigenvalue weighted by Crippen LogP contribution is -2.48. The fourth-order valence-corrected chi connectivity index (χ4v) is 3.54. The van der Waals surface area contributed by atoms with E-state index in [2.05, 4.69) is 4.72 Å². The Morgan fingerprint density at radius 2 is 2.11 bits per heavy atom. The molecule has 1 aliphatic rings. The van der Waals surface area contributed by atoms with Crippen molar-refractivity contribution in [3.05, 3.63) is 0 Å². The van der Waals surface area contributed by atoms with Crippen LogP contribution in [0.1, 0.15) is 33.6 Å². The number of aliphatic carboxylic acids is 1. The third-order valence-corrected chi connectivity index (χ3v) is 4.62. The maximum atomic E-state index is 12.0. The van der Waals surface area contributed by atoms with E-state index in [9.17, 15) is 13.2 Å². The Bertz CT molecular complexity index is 394. The van der Waals surface area contributed by atoms with E-state index < -0.39 is 22.2 Å². The van der Waals surface area contributed by atoms with Gasteiger partial charge in [0.2, 0.25) is 0 Å². The van der Waals surface area contributed by atoms with Crippen molar-refractivity contribution < 1.29 is 18.3 Å². The molecular formula is C11H22N2O4S. The molecule has 0 amide bonds. The molecule has 1 heterocycles. The number of carboxylic acid groups (broad SMARTS) is 1. The van der Waals surface area contributed by atoms with Gasteiger partial charge < -0.3 is 5.11 Å². The Balaban J connectivity index is 2.70. The van der Waals surface area contributed by atoms with Gasteiger partial charge in [-0.25, -0.2) is 0 Å². The lowest BCUT2D eigenvalue weighted by molar-refractivity contribution is -0.139. The van der Waals surface area contributed by atoms with E-state index in [0.29, 0.717) is 19.0 Å². The zero-order valence-electron chi connectivity index (χ0n) is 11.1. The van der Waals surface area contributed by atoms with Crippen molar-refractivity contribution >= 4 is 16.2 Å². The summed E-state index contributed by atoms with van der Waals surface area (Å²) < 4.78 is 27.7. The van der Waals surface area contributed by atoms with E-state index in [1.54, 1.807) is 0 Å². The highest BCUT2D eigenvalue weighted by atomic mass is 32.2. The summed E-state index contributed by atoms with van der Waals surface area (Å²) in [7, 11) is -3.68. The minimum Gasteiger partial charge on any atom is -0.480 e. The number of carboxylic acids is 1. The van der Waals surface area contributed by atoms with Crippen LogP contribution in [0.5, 0.6) is 0 Å². The molecule has 0 radical (unpaired) electrons. The van der Waals surface area contributed by atoms with Crippen molar-refractivity contribution in [2.45, 2.75) is 39.7 Å². The van der Waals surface area contributed by atoms with Gasteiger partial charge in [-0.15, -0.1) is 0 Å². The average molecular weight is 278 g/mol. The Labute approximate surface area is 109 Å². The van der Waals surface area contributed by atoms with Gasteiger partial charge in [0.15, 0.2) is 0 Å². The molecule has 0 saturated carbocycles. The molecule has 18 heavy (non-hydrogen) atoms. The van der Waals surface area contributed by atoms with Crippen molar-refractivity contribution in [1.29, 1.82) is 0 Å². The van der Waals surface area contributed by atoms with Gasteiger partial charge in [-0.3, -0.25) is 4.79 Å². The zero-order chi connectivity index (χ0) is 13.9. The minimum absolute atomic E-state index is 0.117. The molecular weight excluding hydrogens is 256 g/mol. The highest BCUT2D eigenvalue weighted by Crippen LogP contribution is 2.18. The van der Waals surface area contributed by atoms with Crippen LogP contribution in [0.2, 0.25) is 0 Å².